The minimum Gasteiger partial charge on any atom is -0.353 e. The number of ether oxygens (including phenoxy) is 2. The number of hydrogen-bond donors (Lipinski definition) is 2. The summed E-state index contributed by atoms with van der Waals surface area (Å²) in [5, 5.41) is 5.94. The molecule has 1 amide bonds. The van der Waals surface area contributed by atoms with Gasteiger partial charge in [-0.05, 0) is 20.4 Å². The minimum absolute atomic E-state index is 0.0296. The van der Waals surface area contributed by atoms with Crippen molar-refractivity contribution in [3.05, 3.63) is 0 Å². The van der Waals surface area contributed by atoms with Gasteiger partial charge in [0.1, 0.15) is 6.10 Å². The normalized spacial score (nSPS) is 23.3. The molecule has 0 aromatic heterocycles. The first-order valence-electron chi connectivity index (χ1n) is 5.82. The summed E-state index contributed by atoms with van der Waals surface area (Å²) < 4.78 is 11.0. The second kappa shape index (κ2) is 6.18. The first-order chi connectivity index (χ1) is 7.53. The summed E-state index contributed by atoms with van der Waals surface area (Å²) in [5.41, 5.74) is 0. The van der Waals surface area contributed by atoms with E-state index in [4.69, 9.17) is 9.47 Å². The van der Waals surface area contributed by atoms with Crippen molar-refractivity contribution in [2.45, 2.75) is 39.1 Å². The molecule has 1 fully saturated rings. The van der Waals surface area contributed by atoms with Crippen LogP contribution in [0.25, 0.3) is 0 Å². The third kappa shape index (κ3) is 4.92. The molecule has 0 saturated carbocycles. The van der Waals surface area contributed by atoms with Crippen molar-refractivity contribution in [2.24, 2.45) is 0 Å². The van der Waals surface area contributed by atoms with E-state index in [9.17, 15) is 4.79 Å². The molecule has 2 N–H and O–H groups in total. The maximum atomic E-state index is 11.4. The van der Waals surface area contributed by atoms with Crippen LogP contribution < -0.4 is 10.6 Å². The van der Waals surface area contributed by atoms with Gasteiger partial charge in [0, 0.05) is 19.5 Å². The van der Waals surface area contributed by atoms with Crippen LogP contribution in [-0.4, -0.2) is 44.0 Å². The number of carbonyl (C=O) groups excluding carboxylic acids is 1. The van der Waals surface area contributed by atoms with Crippen molar-refractivity contribution in [2.75, 3.05) is 26.2 Å². The van der Waals surface area contributed by atoms with E-state index in [0.717, 1.165) is 13.1 Å². The van der Waals surface area contributed by atoms with E-state index in [1.54, 1.807) is 0 Å². The Hall–Kier alpha value is -0.650. The Kier molecular flexibility index (Phi) is 5.18. The highest BCUT2D eigenvalue weighted by molar-refractivity contribution is 5.76. The molecule has 1 unspecified atom stereocenters. The molecule has 0 spiro atoms. The first kappa shape index (κ1) is 13.4. The maximum absolute atomic E-state index is 11.4. The van der Waals surface area contributed by atoms with Gasteiger partial charge in [0.15, 0.2) is 5.79 Å². The van der Waals surface area contributed by atoms with Gasteiger partial charge >= 0.3 is 0 Å². The van der Waals surface area contributed by atoms with Gasteiger partial charge in [-0.1, -0.05) is 6.92 Å². The van der Waals surface area contributed by atoms with Gasteiger partial charge in [-0.25, -0.2) is 0 Å². The van der Waals surface area contributed by atoms with E-state index in [-0.39, 0.29) is 12.0 Å². The quantitative estimate of drug-likeness (QED) is 0.642. The van der Waals surface area contributed by atoms with E-state index in [1.807, 2.05) is 20.8 Å². The van der Waals surface area contributed by atoms with E-state index < -0.39 is 5.79 Å². The SMILES string of the molecule is CCNCCC(=O)NCC1COC(C)(C)O1. The summed E-state index contributed by atoms with van der Waals surface area (Å²) in [4.78, 5) is 11.4. The zero-order chi connectivity index (χ0) is 12.0. The van der Waals surface area contributed by atoms with E-state index in [1.165, 1.54) is 0 Å². The van der Waals surface area contributed by atoms with Crippen LogP contribution in [0.1, 0.15) is 27.2 Å². The van der Waals surface area contributed by atoms with E-state index >= 15 is 0 Å². The highest BCUT2D eigenvalue weighted by atomic mass is 16.7. The predicted octanol–water partition coefficient (Wildman–Crippen LogP) is 0.254. The van der Waals surface area contributed by atoms with E-state index in [0.29, 0.717) is 19.6 Å². The molecule has 16 heavy (non-hydrogen) atoms. The molecule has 1 heterocycles. The standard InChI is InChI=1S/C11H22N2O3/c1-4-12-6-5-10(14)13-7-9-8-15-11(2,3)16-9/h9,12H,4-8H2,1-3H3,(H,13,14). The van der Waals surface area contributed by atoms with Crippen LogP contribution in [-0.2, 0) is 14.3 Å². The monoisotopic (exact) mass is 230 g/mol. The van der Waals surface area contributed by atoms with Crippen molar-refractivity contribution in [1.82, 2.24) is 10.6 Å². The van der Waals surface area contributed by atoms with E-state index in [2.05, 4.69) is 10.6 Å². The lowest BCUT2D eigenvalue weighted by molar-refractivity contribution is -0.139. The zero-order valence-electron chi connectivity index (χ0n) is 10.3. The van der Waals surface area contributed by atoms with Crippen molar-refractivity contribution in [3.8, 4) is 0 Å². The zero-order valence-corrected chi connectivity index (χ0v) is 10.3. The highest BCUT2D eigenvalue weighted by Gasteiger charge is 2.32. The van der Waals surface area contributed by atoms with Gasteiger partial charge in [0.25, 0.3) is 0 Å². The van der Waals surface area contributed by atoms with Gasteiger partial charge in [0.05, 0.1) is 6.61 Å². The molecule has 0 radical (unpaired) electrons. The van der Waals surface area contributed by atoms with Gasteiger partial charge < -0.3 is 20.1 Å². The number of amides is 1. The molecule has 0 aliphatic carbocycles. The van der Waals surface area contributed by atoms with Gasteiger partial charge in [0.2, 0.25) is 5.91 Å². The molecule has 5 heteroatoms. The third-order valence-corrected chi connectivity index (χ3v) is 2.37. The summed E-state index contributed by atoms with van der Waals surface area (Å²) in [6.07, 6.45) is 0.475. The Morgan fingerprint density at radius 1 is 1.50 bits per heavy atom. The number of nitrogens with one attached hydrogen (secondary N) is 2. The number of carbonyl (C=O) groups is 1. The minimum atomic E-state index is -0.515. The summed E-state index contributed by atoms with van der Waals surface area (Å²) in [5.74, 6) is -0.464. The largest absolute Gasteiger partial charge is 0.353 e. The van der Waals surface area contributed by atoms with Crippen molar-refractivity contribution in [1.29, 1.82) is 0 Å². The number of hydrogen-bond acceptors (Lipinski definition) is 4. The molecule has 5 nitrogen and oxygen atoms in total. The molecule has 0 aromatic rings. The molecular weight excluding hydrogens is 208 g/mol. The lowest BCUT2D eigenvalue weighted by Gasteiger charge is -2.17. The highest BCUT2D eigenvalue weighted by Crippen LogP contribution is 2.21. The molecular formula is C11H22N2O3. The van der Waals surface area contributed by atoms with Crippen LogP contribution in [0.2, 0.25) is 0 Å². The number of rotatable bonds is 6. The Bertz CT molecular complexity index is 231. The molecule has 0 bridgehead atoms. The molecule has 0 aromatic carbocycles. The van der Waals surface area contributed by atoms with Crippen molar-refractivity contribution < 1.29 is 14.3 Å². The summed E-state index contributed by atoms with van der Waals surface area (Å²) in [7, 11) is 0. The maximum Gasteiger partial charge on any atom is 0.221 e. The Balaban J connectivity index is 2.08. The van der Waals surface area contributed by atoms with Crippen LogP contribution in [0.4, 0.5) is 0 Å². The lowest BCUT2D eigenvalue weighted by atomic mass is 10.3. The molecule has 1 aliphatic heterocycles. The average Bonchev–Trinajstić information content (AvgIpc) is 2.56. The molecule has 1 atom stereocenters. The van der Waals surface area contributed by atoms with Crippen LogP contribution in [0, 0.1) is 0 Å². The van der Waals surface area contributed by atoms with Gasteiger partial charge in [-0.15, -0.1) is 0 Å². The van der Waals surface area contributed by atoms with Crippen LogP contribution in [0.3, 0.4) is 0 Å². The lowest BCUT2D eigenvalue weighted by Crippen LogP contribution is -2.35. The summed E-state index contributed by atoms with van der Waals surface area (Å²) >= 11 is 0. The molecule has 94 valence electrons. The fourth-order valence-corrected chi connectivity index (χ4v) is 1.56. The first-order valence-corrected chi connectivity index (χ1v) is 5.82. The van der Waals surface area contributed by atoms with Gasteiger partial charge in [-0.3, -0.25) is 4.79 Å². The fraction of sp³-hybridized carbons (Fsp3) is 0.909. The fourth-order valence-electron chi connectivity index (χ4n) is 1.56. The summed E-state index contributed by atoms with van der Waals surface area (Å²) in [6, 6.07) is 0. The van der Waals surface area contributed by atoms with Gasteiger partial charge in [-0.2, -0.15) is 0 Å². The van der Waals surface area contributed by atoms with Crippen LogP contribution in [0.5, 0.6) is 0 Å². The predicted molar refractivity (Wildman–Crippen MR) is 61.1 cm³/mol. The Morgan fingerprint density at radius 3 is 2.81 bits per heavy atom. The summed E-state index contributed by atoms with van der Waals surface area (Å²) in [6.45, 7) is 8.44. The Labute approximate surface area is 96.9 Å². The van der Waals surface area contributed by atoms with Crippen LogP contribution >= 0.6 is 0 Å². The second-order valence-electron chi connectivity index (χ2n) is 4.36. The van der Waals surface area contributed by atoms with Crippen molar-refractivity contribution >= 4 is 5.91 Å². The smallest absolute Gasteiger partial charge is 0.221 e. The average molecular weight is 230 g/mol. The Morgan fingerprint density at radius 2 is 2.25 bits per heavy atom. The van der Waals surface area contributed by atoms with Crippen molar-refractivity contribution in [3.63, 3.8) is 0 Å². The van der Waals surface area contributed by atoms with Crippen LogP contribution in [0.15, 0.2) is 0 Å². The molecule has 1 rings (SSSR count). The molecule has 1 aliphatic rings. The topological polar surface area (TPSA) is 59.6 Å². The third-order valence-electron chi connectivity index (χ3n) is 2.37. The second-order valence-corrected chi connectivity index (χ2v) is 4.36. The molecule has 1 saturated heterocycles.